The van der Waals surface area contributed by atoms with Crippen LogP contribution in [0, 0.1) is 11.3 Å². The summed E-state index contributed by atoms with van der Waals surface area (Å²) in [5.41, 5.74) is 3.59. The molecule has 2 aliphatic heterocycles. The predicted octanol–water partition coefficient (Wildman–Crippen LogP) is 5.68. The lowest BCUT2D eigenvalue weighted by atomic mass is 9.77. The van der Waals surface area contributed by atoms with E-state index in [1.807, 2.05) is 76.2 Å². The van der Waals surface area contributed by atoms with Crippen LogP contribution >= 0.6 is 23.8 Å². The number of nitriles is 1. The van der Waals surface area contributed by atoms with E-state index in [0.29, 0.717) is 17.2 Å². The molecule has 0 amide bonds. The Hall–Kier alpha value is -1.69. The molecule has 32 heavy (non-hydrogen) atoms. The number of rotatable bonds is 5. The Morgan fingerprint density at radius 1 is 1.16 bits per heavy atom. The lowest BCUT2D eigenvalue weighted by Gasteiger charge is -2.32. The molecule has 170 valence electrons. The van der Waals surface area contributed by atoms with Crippen molar-refractivity contribution in [2.45, 2.75) is 65.8 Å². The summed E-state index contributed by atoms with van der Waals surface area (Å²) in [5, 5.41) is 10.5. The average molecular weight is 473 g/mol. The highest BCUT2D eigenvalue weighted by atomic mass is 35.5. The van der Waals surface area contributed by atoms with Gasteiger partial charge in [0, 0.05) is 11.6 Å². The van der Waals surface area contributed by atoms with E-state index >= 15 is 0 Å². The molecule has 2 aromatic rings. The van der Waals surface area contributed by atoms with Gasteiger partial charge >= 0.3 is 7.12 Å². The van der Waals surface area contributed by atoms with Crippen molar-refractivity contribution in [2.75, 3.05) is 10.8 Å². The zero-order valence-corrected chi connectivity index (χ0v) is 21.1. The van der Waals surface area contributed by atoms with E-state index in [4.69, 9.17) is 25.1 Å². The molecular weight excluding hydrogens is 443 g/mol. The van der Waals surface area contributed by atoms with Gasteiger partial charge in [-0.05, 0) is 62.8 Å². The predicted molar refractivity (Wildman–Crippen MR) is 133 cm³/mol. The molecule has 0 N–H and O–H groups in total. The fourth-order valence-electron chi connectivity index (χ4n) is 3.58. The molecule has 0 atom stereocenters. The van der Waals surface area contributed by atoms with Gasteiger partial charge in [0.25, 0.3) is 0 Å². The molecule has 8 heteroatoms. The standard InChI is InChI=1S/C22H24BClN2O3S.C2H6/c1-21(2)22(3,4)29-23(28-21)18-11-15-9-10-26(20(15)17(12-18)13-25)30-27-14-16-7-5-6-8-19(16)24;1-2/h5-8,11-12H,9-10,14H2,1-4H3;1-2H3. The molecule has 2 aromatic carbocycles. The Balaban J connectivity index is 0.00000141. The number of anilines is 1. The van der Waals surface area contributed by atoms with Crippen molar-refractivity contribution in [2.24, 2.45) is 0 Å². The third-order valence-corrected chi connectivity index (χ3v) is 7.14. The van der Waals surface area contributed by atoms with Crippen LogP contribution in [0.2, 0.25) is 5.02 Å². The zero-order valence-electron chi connectivity index (χ0n) is 19.6. The molecule has 1 fully saturated rings. The summed E-state index contributed by atoms with van der Waals surface area (Å²) in [6.45, 7) is 13.3. The number of hydrogen-bond acceptors (Lipinski definition) is 6. The number of fused-ring (bicyclic) bond motifs is 1. The molecular formula is C24H30BClN2O3S. The SMILES string of the molecule is CC.CC1(C)OB(c2cc(C#N)c3c(c2)CCN3SOCc2ccccc2Cl)OC1(C)C. The third-order valence-electron chi connectivity index (χ3n) is 6.01. The smallest absolute Gasteiger partial charge is 0.399 e. The maximum absolute atomic E-state index is 9.81. The molecule has 0 unspecified atom stereocenters. The maximum atomic E-state index is 9.81. The molecule has 0 spiro atoms. The van der Waals surface area contributed by atoms with Gasteiger partial charge in [-0.1, -0.05) is 49.7 Å². The van der Waals surface area contributed by atoms with Crippen LogP contribution < -0.4 is 9.77 Å². The molecule has 2 heterocycles. The van der Waals surface area contributed by atoms with Gasteiger partial charge in [0.15, 0.2) is 0 Å². The highest BCUT2D eigenvalue weighted by Gasteiger charge is 2.52. The van der Waals surface area contributed by atoms with E-state index in [-0.39, 0.29) is 0 Å². The van der Waals surface area contributed by atoms with Crippen molar-refractivity contribution in [1.29, 1.82) is 5.26 Å². The minimum absolute atomic E-state index is 0.393. The second kappa shape index (κ2) is 10.1. The van der Waals surface area contributed by atoms with Gasteiger partial charge in [0.2, 0.25) is 0 Å². The first kappa shape index (κ1) is 24.9. The molecule has 0 radical (unpaired) electrons. The van der Waals surface area contributed by atoms with E-state index in [1.54, 1.807) is 0 Å². The lowest BCUT2D eigenvalue weighted by Crippen LogP contribution is -2.41. The van der Waals surface area contributed by atoms with Gasteiger partial charge < -0.3 is 9.31 Å². The van der Waals surface area contributed by atoms with Crippen molar-refractivity contribution in [3.8, 4) is 6.07 Å². The van der Waals surface area contributed by atoms with Crippen LogP contribution in [0.5, 0.6) is 0 Å². The Morgan fingerprint density at radius 2 is 1.81 bits per heavy atom. The quantitative estimate of drug-likeness (QED) is 0.317. The Morgan fingerprint density at radius 3 is 2.44 bits per heavy atom. The van der Waals surface area contributed by atoms with Crippen LogP contribution in [0.1, 0.15) is 58.2 Å². The Kier molecular flexibility index (Phi) is 7.85. The topological polar surface area (TPSA) is 54.7 Å². The van der Waals surface area contributed by atoms with Gasteiger partial charge in [-0.15, -0.1) is 0 Å². The summed E-state index contributed by atoms with van der Waals surface area (Å²) in [4.78, 5) is 0. The summed E-state index contributed by atoms with van der Waals surface area (Å²) >= 11 is 7.46. The van der Waals surface area contributed by atoms with Crippen molar-refractivity contribution >= 4 is 42.1 Å². The fourth-order valence-corrected chi connectivity index (χ4v) is 4.54. The molecule has 4 rings (SSSR count). The molecule has 0 saturated carbocycles. The minimum atomic E-state index is -0.481. The van der Waals surface area contributed by atoms with Crippen LogP contribution in [-0.4, -0.2) is 24.9 Å². The summed E-state index contributed by atoms with van der Waals surface area (Å²) in [7, 11) is -0.481. The number of halogens is 1. The summed E-state index contributed by atoms with van der Waals surface area (Å²) in [6.07, 6.45) is 0.833. The van der Waals surface area contributed by atoms with Crippen LogP contribution in [0.3, 0.4) is 0 Å². The van der Waals surface area contributed by atoms with E-state index in [0.717, 1.165) is 35.2 Å². The van der Waals surface area contributed by atoms with Crippen LogP contribution in [0.4, 0.5) is 5.69 Å². The van der Waals surface area contributed by atoms with Crippen molar-refractivity contribution in [3.63, 3.8) is 0 Å². The first-order chi connectivity index (χ1) is 15.2. The first-order valence-electron chi connectivity index (χ1n) is 10.9. The van der Waals surface area contributed by atoms with Gasteiger partial charge in [-0.2, -0.15) is 5.26 Å². The minimum Gasteiger partial charge on any atom is -0.399 e. The summed E-state index contributed by atoms with van der Waals surface area (Å²) < 4.78 is 20.2. The Labute approximate surface area is 201 Å². The highest BCUT2D eigenvalue weighted by molar-refractivity contribution is 7.96. The van der Waals surface area contributed by atoms with Crippen molar-refractivity contribution in [3.05, 3.63) is 58.1 Å². The third kappa shape index (κ3) is 4.95. The molecule has 0 bridgehead atoms. The van der Waals surface area contributed by atoms with Crippen molar-refractivity contribution < 1.29 is 13.5 Å². The monoisotopic (exact) mass is 472 g/mol. The average Bonchev–Trinajstić information content (AvgIpc) is 3.27. The fraction of sp³-hybridized carbons (Fsp3) is 0.458. The second-order valence-electron chi connectivity index (χ2n) is 8.56. The van der Waals surface area contributed by atoms with Crippen LogP contribution in [-0.2, 0) is 26.5 Å². The summed E-state index contributed by atoms with van der Waals surface area (Å²) in [6, 6.07) is 13.9. The van der Waals surface area contributed by atoms with Gasteiger partial charge in [0.05, 0.1) is 29.1 Å². The summed E-state index contributed by atoms with van der Waals surface area (Å²) in [5.74, 6) is 0. The van der Waals surface area contributed by atoms with Gasteiger partial charge in [0.1, 0.15) is 18.3 Å². The number of nitrogens with zero attached hydrogens (tertiary/aromatic N) is 2. The molecule has 0 aliphatic carbocycles. The molecule has 1 saturated heterocycles. The first-order valence-corrected chi connectivity index (χ1v) is 12.0. The lowest BCUT2D eigenvalue weighted by molar-refractivity contribution is 0.00578. The van der Waals surface area contributed by atoms with Crippen LogP contribution in [0.15, 0.2) is 36.4 Å². The Bertz CT molecular complexity index is 993. The number of benzene rings is 2. The van der Waals surface area contributed by atoms with Crippen molar-refractivity contribution in [1.82, 2.24) is 0 Å². The second-order valence-corrected chi connectivity index (χ2v) is 9.79. The van der Waals surface area contributed by atoms with E-state index in [1.165, 1.54) is 12.2 Å². The van der Waals surface area contributed by atoms with E-state index in [9.17, 15) is 5.26 Å². The molecule has 2 aliphatic rings. The van der Waals surface area contributed by atoms with Gasteiger partial charge in [-0.25, -0.2) is 0 Å². The maximum Gasteiger partial charge on any atom is 0.494 e. The zero-order chi connectivity index (χ0) is 23.5. The molecule has 5 nitrogen and oxygen atoms in total. The number of hydrogen-bond donors (Lipinski definition) is 0. The van der Waals surface area contributed by atoms with Crippen LogP contribution in [0.25, 0.3) is 0 Å². The highest BCUT2D eigenvalue weighted by Crippen LogP contribution is 2.39. The van der Waals surface area contributed by atoms with Gasteiger partial charge in [-0.3, -0.25) is 8.49 Å². The van der Waals surface area contributed by atoms with E-state index in [2.05, 4.69) is 12.1 Å². The van der Waals surface area contributed by atoms with E-state index < -0.39 is 18.3 Å². The largest absolute Gasteiger partial charge is 0.494 e. The molecule has 0 aromatic heterocycles. The normalized spacial score (nSPS) is 18.1.